The maximum Gasteiger partial charge on any atom is 0.286 e. The Morgan fingerprint density at radius 1 is 1.07 bits per heavy atom. The molecule has 2 aromatic rings. The smallest absolute Gasteiger partial charge is 0.286 e. The third kappa shape index (κ3) is 4.34. The zero-order chi connectivity index (χ0) is 21.3. The lowest BCUT2D eigenvalue weighted by atomic mass is 10.1. The second kappa shape index (κ2) is 8.35. The number of carbonyl (C=O) groups is 3. The number of carbonyl (C=O) groups excluding carboxylic acids is 3. The first-order valence-corrected chi connectivity index (χ1v) is 11.4. The Bertz CT molecular complexity index is 991. The summed E-state index contributed by atoms with van der Waals surface area (Å²) in [6.45, 7) is 4.95. The van der Waals surface area contributed by atoms with E-state index >= 15 is 0 Å². The SMILES string of the molecule is CC1(C)Sc2ccccc2C(=O)N1CCOc1ccc(CC2SC(=O)NC2=O)cc1. The highest BCUT2D eigenvalue weighted by Gasteiger charge is 2.38. The number of hydrogen-bond donors (Lipinski definition) is 1. The van der Waals surface area contributed by atoms with Crippen LogP contribution in [0.5, 0.6) is 5.75 Å². The molecule has 2 aliphatic rings. The minimum Gasteiger partial charge on any atom is -0.492 e. The van der Waals surface area contributed by atoms with E-state index in [0.29, 0.717) is 25.3 Å². The lowest BCUT2D eigenvalue weighted by molar-refractivity contribution is -0.118. The Balaban J connectivity index is 1.33. The Morgan fingerprint density at radius 3 is 2.50 bits per heavy atom. The summed E-state index contributed by atoms with van der Waals surface area (Å²) in [5.74, 6) is 0.488. The molecular weight excluding hydrogens is 420 g/mol. The Labute approximate surface area is 183 Å². The lowest BCUT2D eigenvalue weighted by Crippen LogP contribution is -2.49. The average molecular weight is 443 g/mol. The van der Waals surface area contributed by atoms with Crippen LogP contribution in [0.15, 0.2) is 53.4 Å². The maximum absolute atomic E-state index is 12.9. The number of benzene rings is 2. The largest absolute Gasteiger partial charge is 0.492 e. The predicted molar refractivity (Wildman–Crippen MR) is 118 cm³/mol. The predicted octanol–water partition coefficient (Wildman–Crippen LogP) is 3.94. The fourth-order valence-corrected chi connectivity index (χ4v) is 5.63. The molecule has 0 saturated carbocycles. The molecule has 156 valence electrons. The fourth-order valence-electron chi connectivity index (χ4n) is 3.54. The van der Waals surface area contributed by atoms with Gasteiger partial charge in [0.1, 0.15) is 12.4 Å². The van der Waals surface area contributed by atoms with Gasteiger partial charge in [-0.05, 0) is 50.1 Å². The van der Waals surface area contributed by atoms with Crippen LogP contribution in [0.1, 0.15) is 29.8 Å². The molecule has 1 fully saturated rings. The molecule has 30 heavy (non-hydrogen) atoms. The highest BCUT2D eigenvalue weighted by atomic mass is 32.2. The van der Waals surface area contributed by atoms with E-state index in [-0.39, 0.29) is 27.2 Å². The van der Waals surface area contributed by atoms with E-state index in [1.807, 2.05) is 67.3 Å². The average Bonchev–Trinajstić information content (AvgIpc) is 3.02. The van der Waals surface area contributed by atoms with Gasteiger partial charge in [0.15, 0.2) is 0 Å². The van der Waals surface area contributed by atoms with Crippen LogP contribution in [0.2, 0.25) is 0 Å². The van der Waals surface area contributed by atoms with Crippen molar-refractivity contribution in [1.82, 2.24) is 10.2 Å². The molecule has 0 aliphatic carbocycles. The molecule has 1 N–H and O–H groups in total. The summed E-state index contributed by atoms with van der Waals surface area (Å²) in [5.41, 5.74) is 1.70. The second-order valence-corrected chi connectivity index (χ2v) is 10.4. The Hall–Kier alpha value is -2.45. The second-order valence-electron chi connectivity index (χ2n) is 7.58. The number of thioether (sulfide) groups is 2. The molecule has 0 aromatic heterocycles. The number of imide groups is 1. The van der Waals surface area contributed by atoms with Crippen molar-refractivity contribution in [3.05, 3.63) is 59.7 Å². The van der Waals surface area contributed by atoms with E-state index in [2.05, 4.69) is 5.32 Å². The van der Waals surface area contributed by atoms with Gasteiger partial charge in [0.05, 0.1) is 22.2 Å². The number of rotatable bonds is 6. The molecule has 2 aromatic carbocycles. The summed E-state index contributed by atoms with van der Waals surface area (Å²) in [6, 6.07) is 15.2. The standard InChI is InChI=1S/C22H22N2O4S2/c1-22(2)24(20(26)16-5-3-4-6-17(16)30-22)11-12-28-15-9-7-14(8-10-15)13-18-19(25)23-21(27)29-18/h3-10,18H,11-13H2,1-2H3,(H,23,25,27). The molecule has 6 nitrogen and oxygen atoms in total. The van der Waals surface area contributed by atoms with E-state index in [4.69, 9.17) is 4.74 Å². The van der Waals surface area contributed by atoms with Crippen LogP contribution >= 0.6 is 23.5 Å². The van der Waals surface area contributed by atoms with Gasteiger partial charge >= 0.3 is 0 Å². The van der Waals surface area contributed by atoms with Gasteiger partial charge in [0.2, 0.25) is 5.91 Å². The molecule has 1 unspecified atom stereocenters. The van der Waals surface area contributed by atoms with Crippen molar-refractivity contribution in [3.63, 3.8) is 0 Å². The van der Waals surface area contributed by atoms with Gasteiger partial charge in [-0.25, -0.2) is 0 Å². The van der Waals surface area contributed by atoms with Crippen LogP contribution < -0.4 is 10.1 Å². The van der Waals surface area contributed by atoms with Crippen molar-refractivity contribution >= 4 is 40.6 Å². The number of hydrogen-bond acceptors (Lipinski definition) is 6. The molecule has 2 aliphatic heterocycles. The third-order valence-corrected chi connectivity index (χ3v) is 7.34. The van der Waals surface area contributed by atoms with E-state index in [1.54, 1.807) is 11.8 Å². The number of amides is 3. The molecule has 8 heteroatoms. The summed E-state index contributed by atoms with van der Waals surface area (Å²) in [4.78, 5) is 38.4. The monoisotopic (exact) mass is 442 g/mol. The third-order valence-electron chi connectivity index (χ3n) is 5.07. The van der Waals surface area contributed by atoms with Gasteiger partial charge in [-0.1, -0.05) is 47.8 Å². The quantitative estimate of drug-likeness (QED) is 0.730. The van der Waals surface area contributed by atoms with Crippen molar-refractivity contribution in [1.29, 1.82) is 0 Å². The molecule has 1 saturated heterocycles. The van der Waals surface area contributed by atoms with Gasteiger partial charge in [-0.15, -0.1) is 0 Å². The molecule has 0 radical (unpaired) electrons. The maximum atomic E-state index is 12.9. The highest BCUT2D eigenvalue weighted by Crippen LogP contribution is 2.42. The van der Waals surface area contributed by atoms with Crippen LogP contribution in [-0.2, 0) is 11.2 Å². The number of nitrogens with zero attached hydrogens (tertiary/aromatic N) is 1. The number of ether oxygens (including phenoxy) is 1. The van der Waals surface area contributed by atoms with Gasteiger partial charge in [-0.2, -0.15) is 0 Å². The molecule has 0 bridgehead atoms. The van der Waals surface area contributed by atoms with Crippen molar-refractivity contribution in [2.75, 3.05) is 13.2 Å². The van der Waals surface area contributed by atoms with Crippen LogP contribution in [0.25, 0.3) is 0 Å². The van der Waals surface area contributed by atoms with Crippen molar-refractivity contribution < 1.29 is 19.1 Å². The van der Waals surface area contributed by atoms with E-state index in [9.17, 15) is 14.4 Å². The van der Waals surface area contributed by atoms with E-state index in [1.165, 1.54) is 0 Å². The van der Waals surface area contributed by atoms with Crippen LogP contribution in [0.4, 0.5) is 4.79 Å². The summed E-state index contributed by atoms with van der Waals surface area (Å²) in [5, 5.41) is 1.63. The van der Waals surface area contributed by atoms with Crippen molar-refractivity contribution in [2.45, 2.75) is 35.3 Å². The highest BCUT2D eigenvalue weighted by molar-refractivity contribution is 8.15. The topological polar surface area (TPSA) is 75.7 Å². The lowest BCUT2D eigenvalue weighted by Gasteiger charge is -2.42. The summed E-state index contributed by atoms with van der Waals surface area (Å²) in [7, 11) is 0. The molecular formula is C22H22N2O4S2. The molecule has 2 heterocycles. The van der Waals surface area contributed by atoms with Gasteiger partial charge < -0.3 is 9.64 Å². The van der Waals surface area contributed by atoms with Gasteiger partial charge in [0, 0.05) is 4.90 Å². The van der Waals surface area contributed by atoms with E-state index < -0.39 is 0 Å². The fraction of sp³-hybridized carbons (Fsp3) is 0.318. The minimum atomic E-state index is -0.378. The van der Waals surface area contributed by atoms with Crippen molar-refractivity contribution in [2.24, 2.45) is 0 Å². The Morgan fingerprint density at radius 2 is 1.80 bits per heavy atom. The molecule has 0 spiro atoms. The first kappa shape index (κ1) is 20.8. The number of nitrogens with one attached hydrogen (secondary N) is 1. The first-order chi connectivity index (χ1) is 14.3. The van der Waals surface area contributed by atoms with Crippen LogP contribution in [-0.4, -0.2) is 45.2 Å². The van der Waals surface area contributed by atoms with E-state index in [0.717, 1.165) is 27.8 Å². The van der Waals surface area contributed by atoms with Crippen molar-refractivity contribution in [3.8, 4) is 5.75 Å². The normalized spacial score (nSPS) is 20.1. The summed E-state index contributed by atoms with van der Waals surface area (Å²) in [6.07, 6.45) is 0.496. The van der Waals surface area contributed by atoms with Gasteiger partial charge in [-0.3, -0.25) is 19.7 Å². The molecule has 1 atom stereocenters. The Kier molecular flexibility index (Phi) is 5.79. The molecule has 4 rings (SSSR count). The van der Waals surface area contributed by atoms with Crippen LogP contribution in [0, 0.1) is 0 Å². The first-order valence-electron chi connectivity index (χ1n) is 9.67. The van der Waals surface area contributed by atoms with Gasteiger partial charge in [0.25, 0.3) is 11.1 Å². The minimum absolute atomic E-state index is 0.0233. The number of fused-ring (bicyclic) bond motifs is 1. The summed E-state index contributed by atoms with van der Waals surface area (Å²) >= 11 is 2.71. The zero-order valence-corrected chi connectivity index (χ0v) is 18.3. The summed E-state index contributed by atoms with van der Waals surface area (Å²) < 4.78 is 5.86. The molecule has 3 amide bonds. The van der Waals surface area contributed by atoms with Crippen LogP contribution in [0.3, 0.4) is 0 Å². The zero-order valence-electron chi connectivity index (χ0n) is 16.7.